The van der Waals surface area contributed by atoms with Crippen molar-refractivity contribution in [3.8, 4) is 0 Å². The van der Waals surface area contributed by atoms with Gasteiger partial charge in [-0.2, -0.15) is 8.42 Å². The second-order valence-electron chi connectivity index (χ2n) is 5.66. The molecule has 1 aliphatic rings. The van der Waals surface area contributed by atoms with Crippen LogP contribution in [0.1, 0.15) is 26.7 Å². The van der Waals surface area contributed by atoms with Gasteiger partial charge in [-0.3, -0.25) is 8.98 Å². The number of esters is 1. The lowest BCUT2D eigenvalue weighted by Crippen LogP contribution is -2.29. The highest BCUT2D eigenvalue weighted by molar-refractivity contribution is 7.86. The van der Waals surface area contributed by atoms with E-state index in [2.05, 4.69) is 5.32 Å². The molecule has 1 amide bonds. The minimum Gasteiger partial charge on any atom is -0.461 e. The van der Waals surface area contributed by atoms with Crippen LogP contribution in [0.3, 0.4) is 0 Å². The standard InChI is InChI=1S/C16H21NO7S/c1-11(16(19)23-10-14-4-3-9-22-14)24-25(20,21)15-7-5-13(6-8-15)17-12(2)18/h5-8,11,14H,3-4,9-10H2,1-2H3,(H,17,18)/t11-,14?/m0/s1. The maximum absolute atomic E-state index is 12.2. The molecule has 0 bridgehead atoms. The van der Waals surface area contributed by atoms with Crippen LogP contribution in [0, 0.1) is 0 Å². The van der Waals surface area contributed by atoms with Crippen molar-refractivity contribution in [2.75, 3.05) is 18.5 Å². The number of benzene rings is 1. The summed E-state index contributed by atoms with van der Waals surface area (Å²) in [5.41, 5.74) is 0.454. The Hall–Kier alpha value is -1.97. The summed E-state index contributed by atoms with van der Waals surface area (Å²) in [5.74, 6) is -1.04. The molecule has 9 heteroatoms. The number of ether oxygens (including phenoxy) is 2. The predicted octanol–water partition coefficient (Wildman–Crippen LogP) is 1.46. The number of carbonyl (C=O) groups is 2. The summed E-state index contributed by atoms with van der Waals surface area (Å²) >= 11 is 0. The van der Waals surface area contributed by atoms with E-state index in [1.807, 2.05) is 0 Å². The van der Waals surface area contributed by atoms with Gasteiger partial charge in [0.15, 0.2) is 6.10 Å². The molecule has 0 aromatic heterocycles. The topological polar surface area (TPSA) is 108 Å². The maximum Gasteiger partial charge on any atom is 0.336 e. The summed E-state index contributed by atoms with van der Waals surface area (Å²) < 4.78 is 39.6. The molecule has 2 rings (SSSR count). The Labute approximate surface area is 146 Å². The van der Waals surface area contributed by atoms with E-state index in [1.54, 1.807) is 0 Å². The van der Waals surface area contributed by atoms with Crippen LogP contribution in [0.4, 0.5) is 5.69 Å². The van der Waals surface area contributed by atoms with Crippen LogP contribution in [-0.2, 0) is 33.4 Å². The van der Waals surface area contributed by atoms with E-state index in [-0.39, 0.29) is 23.5 Å². The molecule has 1 heterocycles. The molecule has 1 aromatic carbocycles. The van der Waals surface area contributed by atoms with E-state index in [0.717, 1.165) is 12.8 Å². The molecule has 0 saturated carbocycles. The first-order chi connectivity index (χ1) is 11.8. The lowest BCUT2D eigenvalue weighted by atomic mass is 10.2. The average molecular weight is 371 g/mol. The summed E-state index contributed by atoms with van der Waals surface area (Å²) in [5, 5.41) is 2.53. The Balaban J connectivity index is 1.92. The van der Waals surface area contributed by atoms with Gasteiger partial charge in [-0.25, -0.2) is 4.79 Å². The Kier molecular flexibility index (Phi) is 6.51. The van der Waals surface area contributed by atoms with E-state index in [1.165, 1.54) is 38.1 Å². The Morgan fingerprint density at radius 2 is 2.00 bits per heavy atom. The third-order valence-electron chi connectivity index (χ3n) is 3.50. The third kappa shape index (κ3) is 5.80. The average Bonchev–Trinajstić information content (AvgIpc) is 3.05. The predicted molar refractivity (Wildman–Crippen MR) is 88.4 cm³/mol. The second kappa shape index (κ2) is 8.41. The number of nitrogens with one attached hydrogen (secondary N) is 1. The number of carbonyl (C=O) groups excluding carboxylic acids is 2. The molecule has 0 radical (unpaired) electrons. The summed E-state index contributed by atoms with van der Waals surface area (Å²) in [7, 11) is -4.13. The molecule has 1 aliphatic heterocycles. The van der Waals surface area contributed by atoms with Crippen molar-refractivity contribution in [2.24, 2.45) is 0 Å². The first-order valence-corrected chi connectivity index (χ1v) is 9.28. The summed E-state index contributed by atoms with van der Waals surface area (Å²) in [6, 6.07) is 5.42. The van der Waals surface area contributed by atoms with Gasteiger partial charge in [-0.15, -0.1) is 0 Å². The zero-order valence-corrected chi connectivity index (χ0v) is 14.9. The van der Waals surface area contributed by atoms with Crippen molar-refractivity contribution in [3.05, 3.63) is 24.3 Å². The normalized spacial score (nSPS) is 18.6. The van der Waals surface area contributed by atoms with E-state index in [4.69, 9.17) is 13.7 Å². The molecule has 1 unspecified atom stereocenters. The summed E-state index contributed by atoms with van der Waals surface area (Å²) in [6.45, 7) is 3.37. The van der Waals surface area contributed by atoms with Crippen LogP contribution in [0.15, 0.2) is 29.2 Å². The molecule has 1 saturated heterocycles. The van der Waals surface area contributed by atoms with E-state index < -0.39 is 22.2 Å². The lowest BCUT2D eigenvalue weighted by molar-refractivity contribution is -0.154. The molecule has 0 spiro atoms. The van der Waals surface area contributed by atoms with Gasteiger partial charge in [-0.1, -0.05) is 0 Å². The highest BCUT2D eigenvalue weighted by Crippen LogP contribution is 2.18. The van der Waals surface area contributed by atoms with Crippen molar-refractivity contribution in [1.29, 1.82) is 0 Å². The largest absolute Gasteiger partial charge is 0.461 e. The van der Waals surface area contributed by atoms with Gasteiger partial charge in [0.1, 0.15) is 6.61 Å². The molecule has 1 aromatic rings. The molecule has 1 fully saturated rings. The van der Waals surface area contributed by atoms with Gasteiger partial charge in [0.05, 0.1) is 11.0 Å². The van der Waals surface area contributed by atoms with Crippen molar-refractivity contribution >= 4 is 27.7 Å². The zero-order valence-electron chi connectivity index (χ0n) is 14.1. The van der Waals surface area contributed by atoms with Crippen LogP contribution >= 0.6 is 0 Å². The van der Waals surface area contributed by atoms with Gasteiger partial charge in [0.2, 0.25) is 5.91 Å². The fourth-order valence-electron chi connectivity index (χ4n) is 2.26. The SMILES string of the molecule is CC(=O)Nc1ccc(S(=O)(=O)O[C@@H](C)C(=O)OCC2CCCO2)cc1. The second-order valence-corrected chi connectivity index (χ2v) is 7.24. The van der Waals surface area contributed by atoms with Gasteiger partial charge < -0.3 is 14.8 Å². The first kappa shape index (κ1) is 19.4. The number of rotatable bonds is 7. The number of hydrogen-bond donors (Lipinski definition) is 1. The maximum atomic E-state index is 12.2. The van der Waals surface area contributed by atoms with E-state index in [0.29, 0.717) is 12.3 Å². The highest BCUT2D eigenvalue weighted by atomic mass is 32.2. The smallest absolute Gasteiger partial charge is 0.336 e. The summed E-state index contributed by atoms with van der Waals surface area (Å²) in [4.78, 5) is 22.7. The van der Waals surface area contributed by atoms with Crippen molar-refractivity contribution in [1.82, 2.24) is 0 Å². The Morgan fingerprint density at radius 3 is 2.56 bits per heavy atom. The van der Waals surface area contributed by atoms with Gasteiger partial charge in [0.25, 0.3) is 10.1 Å². The van der Waals surface area contributed by atoms with Gasteiger partial charge in [0, 0.05) is 19.2 Å². The van der Waals surface area contributed by atoms with Crippen LogP contribution in [0.2, 0.25) is 0 Å². The number of hydrogen-bond acceptors (Lipinski definition) is 7. The van der Waals surface area contributed by atoms with Crippen molar-refractivity contribution < 1.29 is 31.7 Å². The van der Waals surface area contributed by atoms with Crippen LogP contribution < -0.4 is 5.32 Å². The molecule has 0 aliphatic carbocycles. The fraction of sp³-hybridized carbons (Fsp3) is 0.500. The van der Waals surface area contributed by atoms with E-state index in [9.17, 15) is 18.0 Å². The summed E-state index contributed by atoms with van der Waals surface area (Å²) in [6.07, 6.45) is 0.300. The minimum atomic E-state index is -4.13. The third-order valence-corrected chi connectivity index (χ3v) is 4.89. The molecule has 2 atom stereocenters. The number of amides is 1. The molecule has 1 N–H and O–H groups in total. The molecular formula is C16H21NO7S. The lowest BCUT2D eigenvalue weighted by Gasteiger charge is -2.15. The van der Waals surface area contributed by atoms with Gasteiger partial charge in [-0.05, 0) is 44.0 Å². The fourth-order valence-corrected chi connectivity index (χ4v) is 3.30. The molecule has 8 nitrogen and oxygen atoms in total. The zero-order chi connectivity index (χ0) is 18.4. The monoisotopic (exact) mass is 371 g/mol. The van der Waals surface area contributed by atoms with E-state index >= 15 is 0 Å². The molecule has 138 valence electrons. The Morgan fingerprint density at radius 1 is 1.32 bits per heavy atom. The number of anilines is 1. The van der Waals surface area contributed by atoms with Crippen LogP contribution in [-0.4, -0.2) is 45.7 Å². The van der Waals surface area contributed by atoms with Crippen LogP contribution in [0.5, 0.6) is 0 Å². The molecule has 25 heavy (non-hydrogen) atoms. The van der Waals surface area contributed by atoms with Gasteiger partial charge >= 0.3 is 5.97 Å². The Bertz CT molecular complexity index is 709. The van der Waals surface area contributed by atoms with Crippen LogP contribution in [0.25, 0.3) is 0 Å². The highest BCUT2D eigenvalue weighted by Gasteiger charge is 2.26. The molecular weight excluding hydrogens is 350 g/mol. The van der Waals surface area contributed by atoms with Crippen molar-refractivity contribution in [2.45, 2.75) is 43.8 Å². The minimum absolute atomic E-state index is 0.0813. The van der Waals surface area contributed by atoms with Crippen molar-refractivity contribution in [3.63, 3.8) is 0 Å². The quantitative estimate of drug-likeness (QED) is 0.571. The first-order valence-electron chi connectivity index (χ1n) is 7.87.